The Morgan fingerprint density at radius 1 is 1.17 bits per heavy atom. The van der Waals surface area contributed by atoms with Crippen LogP contribution in [0.1, 0.15) is 59.8 Å². The zero-order valence-electron chi connectivity index (χ0n) is 12.3. The molecule has 0 aromatic rings. The Morgan fingerprint density at radius 2 is 1.67 bits per heavy atom. The van der Waals surface area contributed by atoms with Gasteiger partial charge < -0.3 is 11.1 Å². The fourth-order valence-corrected chi connectivity index (χ4v) is 2.47. The van der Waals surface area contributed by atoms with Crippen molar-refractivity contribution in [2.75, 3.05) is 6.54 Å². The predicted molar refractivity (Wildman–Crippen MR) is 90.5 cm³/mol. The molecule has 1 saturated carbocycles. The van der Waals surface area contributed by atoms with Crippen molar-refractivity contribution in [3.63, 3.8) is 0 Å². The van der Waals surface area contributed by atoms with E-state index in [0.717, 1.165) is 18.4 Å². The molecule has 0 aromatic carbocycles. The van der Waals surface area contributed by atoms with Crippen molar-refractivity contribution in [2.45, 2.75) is 65.3 Å². The second-order valence-electron chi connectivity index (χ2n) is 6.40. The van der Waals surface area contributed by atoms with Gasteiger partial charge in [-0.2, -0.15) is 0 Å². The minimum atomic E-state index is 0. The number of rotatable bonds is 3. The lowest BCUT2D eigenvalue weighted by atomic mass is 9.81. The highest BCUT2D eigenvalue weighted by Crippen LogP contribution is 2.30. The number of halogens is 1. The molecule has 0 heterocycles. The fraction of sp³-hybridized carbons (Fsp3) is 0.929. The van der Waals surface area contributed by atoms with Gasteiger partial charge in [-0.3, -0.25) is 4.99 Å². The van der Waals surface area contributed by atoms with E-state index in [1.807, 2.05) is 0 Å². The molecule has 3 nitrogen and oxygen atoms in total. The summed E-state index contributed by atoms with van der Waals surface area (Å²) in [6, 6.07) is 0. The van der Waals surface area contributed by atoms with Crippen LogP contribution in [0.5, 0.6) is 0 Å². The van der Waals surface area contributed by atoms with Crippen LogP contribution in [0.2, 0.25) is 0 Å². The van der Waals surface area contributed by atoms with Crippen molar-refractivity contribution in [1.29, 1.82) is 0 Å². The number of aliphatic imine (C=N–C) groups is 1. The molecular formula is C14H30IN3. The van der Waals surface area contributed by atoms with E-state index in [2.05, 4.69) is 38.0 Å². The first kappa shape index (κ1) is 18.0. The summed E-state index contributed by atoms with van der Waals surface area (Å²) in [7, 11) is 0. The number of nitrogens with zero attached hydrogens (tertiary/aromatic N) is 1. The Morgan fingerprint density at radius 3 is 2.11 bits per heavy atom. The van der Waals surface area contributed by atoms with Crippen LogP contribution < -0.4 is 11.1 Å². The van der Waals surface area contributed by atoms with Crippen LogP contribution in [-0.2, 0) is 0 Å². The molecule has 0 aromatic heterocycles. The quantitative estimate of drug-likeness (QED) is 0.456. The molecule has 1 fully saturated rings. The number of nitrogens with two attached hydrogens (primary N) is 1. The summed E-state index contributed by atoms with van der Waals surface area (Å²) in [5, 5.41) is 3.21. The lowest BCUT2D eigenvalue weighted by Gasteiger charge is -2.27. The summed E-state index contributed by atoms with van der Waals surface area (Å²) in [4.78, 5) is 4.47. The monoisotopic (exact) mass is 367 g/mol. The van der Waals surface area contributed by atoms with Crippen LogP contribution >= 0.6 is 24.0 Å². The third-order valence-electron chi connectivity index (χ3n) is 3.57. The van der Waals surface area contributed by atoms with Gasteiger partial charge in [0.1, 0.15) is 0 Å². The molecule has 0 aliphatic heterocycles. The summed E-state index contributed by atoms with van der Waals surface area (Å²) in [5.41, 5.74) is 5.88. The minimum absolute atomic E-state index is 0. The van der Waals surface area contributed by atoms with E-state index in [-0.39, 0.29) is 29.5 Å². The average molecular weight is 367 g/mol. The van der Waals surface area contributed by atoms with Gasteiger partial charge in [-0.05, 0) is 45.4 Å². The van der Waals surface area contributed by atoms with E-state index in [0.29, 0.717) is 5.96 Å². The number of hydrogen-bond acceptors (Lipinski definition) is 1. The smallest absolute Gasteiger partial charge is 0.188 e. The molecule has 1 rings (SSSR count). The van der Waals surface area contributed by atoms with Gasteiger partial charge in [-0.1, -0.05) is 26.2 Å². The lowest BCUT2D eigenvalue weighted by molar-refractivity contribution is 0.274. The summed E-state index contributed by atoms with van der Waals surface area (Å²) < 4.78 is 0. The van der Waals surface area contributed by atoms with E-state index in [1.54, 1.807) is 0 Å². The zero-order valence-corrected chi connectivity index (χ0v) is 14.7. The molecule has 0 saturated heterocycles. The van der Waals surface area contributed by atoms with Gasteiger partial charge in [0.2, 0.25) is 0 Å². The van der Waals surface area contributed by atoms with Crippen molar-refractivity contribution in [3.8, 4) is 0 Å². The Balaban J connectivity index is 0.00000289. The van der Waals surface area contributed by atoms with E-state index in [1.165, 1.54) is 32.1 Å². The zero-order chi connectivity index (χ0) is 12.9. The number of hydrogen-bond donors (Lipinski definition) is 2. The highest BCUT2D eigenvalue weighted by atomic mass is 127. The summed E-state index contributed by atoms with van der Waals surface area (Å²) >= 11 is 0. The molecule has 18 heavy (non-hydrogen) atoms. The van der Waals surface area contributed by atoms with Gasteiger partial charge in [-0.15, -0.1) is 24.0 Å². The molecule has 108 valence electrons. The SMILES string of the molecule is CCC1CCC(CN=C(N)NC(C)(C)C)CC1.I. The van der Waals surface area contributed by atoms with Crippen LogP contribution in [0.25, 0.3) is 0 Å². The highest BCUT2D eigenvalue weighted by molar-refractivity contribution is 14.0. The molecular weight excluding hydrogens is 337 g/mol. The Labute approximate surface area is 129 Å². The Hall–Kier alpha value is 0. The van der Waals surface area contributed by atoms with Gasteiger partial charge in [-0.25, -0.2) is 0 Å². The lowest BCUT2D eigenvalue weighted by Crippen LogP contribution is -2.45. The topological polar surface area (TPSA) is 50.4 Å². The third kappa shape index (κ3) is 7.44. The van der Waals surface area contributed by atoms with Crippen LogP contribution in [0, 0.1) is 11.8 Å². The Bertz CT molecular complexity index is 250. The van der Waals surface area contributed by atoms with Crippen LogP contribution in [-0.4, -0.2) is 18.0 Å². The second kappa shape index (κ2) is 8.23. The molecule has 0 bridgehead atoms. The molecule has 0 unspecified atom stereocenters. The second-order valence-corrected chi connectivity index (χ2v) is 6.40. The van der Waals surface area contributed by atoms with Crippen LogP contribution in [0.15, 0.2) is 4.99 Å². The molecule has 4 heteroatoms. The van der Waals surface area contributed by atoms with Gasteiger partial charge in [0.25, 0.3) is 0 Å². The molecule has 0 radical (unpaired) electrons. The van der Waals surface area contributed by atoms with E-state index >= 15 is 0 Å². The maximum absolute atomic E-state index is 5.87. The number of nitrogens with one attached hydrogen (secondary N) is 1. The maximum Gasteiger partial charge on any atom is 0.188 e. The van der Waals surface area contributed by atoms with Gasteiger partial charge >= 0.3 is 0 Å². The summed E-state index contributed by atoms with van der Waals surface area (Å²) in [6.07, 6.45) is 6.74. The maximum atomic E-state index is 5.87. The van der Waals surface area contributed by atoms with Crippen LogP contribution in [0.3, 0.4) is 0 Å². The minimum Gasteiger partial charge on any atom is -0.370 e. The normalized spacial score (nSPS) is 25.4. The molecule has 1 aliphatic carbocycles. The van der Waals surface area contributed by atoms with E-state index in [9.17, 15) is 0 Å². The van der Waals surface area contributed by atoms with E-state index < -0.39 is 0 Å². The third-order valence-corrected chi connectivity index (χ3v) is 3.57. The van der Waals surface area contributed by atoms with Crippen molar-refractivity contribution >= 4 is 29.9 Å². The molecule has 0 spiro atoms. The molecule has 0 amide bonds. The van der Waals surface area contributed by atoms with E-state index in [4.69, 9.17) is 5.73 Å². The summed E-state index contributed by atoms with van der Waals surface area (Å²) in [5.74, 6) is 2.30. The first-order chi connectivity index (χ1) is 7.90. The van der Waals surface area contributed by atoms with Crippen molar-refractivity contribution in [1.82, 2.24) is 5.32 Å². The molecule has 1 aliphatic rings. The van der Waals surface area contributed by atoms with Crippen LogP contribution in [0.4, 0.5) is 0 Å². The fourth-order valence-electron chi connectivity index (χ4n) is 2.47. The van der Waals surface area contributed by atoms with Crippen molar-refractivity contribution in [3.05, 3.63) is 0 Å². The molecule has 3 N–H and O–H groups in total. The standard InChI is InChI=1S/C14H29N3.HI/c1-5-11-6-8-12(9-7-11)10-16-13(15)17-14(2,3)4;/h11-12H,5-10H2,1-4H3,(H3,15,16,17);1H. The van der Waals surface area contributed by atoms with Gasteiger partial charge in [0.05, 0.1) is 0 Å². The van der Waals surface area contributed by atoms with Gasteiger partial charge in [0.15, 0.2) is 5.96 Å². The molecule has 0 atom stereocenters. The first-order valence-electron chi connectivity index (χ1n) is 6.99. The predicted octanol–water partition coefficient (Wildman–Crippen LogP) is 3.52. The van der Waals surface area contributed by atoms with Crippen molar-refractivity contribution < 1.29 is 0 Å². The van der Waals surface area contributed by atoms with Crippen molar-refractivity contribution in [2.24, 2.45) is 22.6 Å². The highest BCUT2D eigenvalue weighted by Gasteiger charge is 2.19. The summed E-state index contributed by atoms with van der Waals surface area (Å²) in [6.45, 7) is 9.49. The largest absolute Gasteiger partial charge is 0.370 e. The van der Waals surface area contributed by atoms with Gasteiger partial charge in [0, 0.05) is 12.1 Å². The Kier molecular flexibility index (Phi) is 8.23. The number of guanidine groups is 1. The average Bonchev–Trinajstić information content (AvgIpc) is 2.25. The first-order valence-corrected chi connectivity index (χ1v) is 6.99.